The lowest BCUT2D eigenvalue weighted by Gasteiger charge is -2.26. The smallest absolute Gasteiger partial charge is 0.258 e. The summed E-state index contributed by atoms with van der Waals surface area (Å²) in [4.78, 5) is 14.4. The van der Waals surface area contributed by atoms with Crippen LogP contribution in [0.3, 0.4) is 0 Å². The van der Waals surface area contributed by atoms with Crippen molar-refractivity contribution in [2.24, 2.45) is 0 Å². The number of nitrogens with zero attached hydrogens (tertiary/aromatic N) is 1. The molecule has 144 valence electrons. The van der Waals surface area contributed by atoms with E-state index in [9.17, 15) is 4.79 Å². The molecule has 1 fully saturated rings. The molecule has 3 rings (SSSR count). The minimum Gasteiger partial charge on any atom is -0.493 e. The van der Waals surface area contributed by atoms with Crippen LogP contribution in [0.5, 0.6) is 11.5 Å². The van der Waals surface area contributed by atoms with Crippen LogP contribution in [0.1, 0.15) is 11.1 Å². The fourth-order valence-electron chi connectivity index (χ4n) is 2.91. The molecule has 2 aromatic rings. The number of hydrogen-bond acceptors (Lipinski definition) is 5. The van der Waals surface area contributed by atoms with Crippen molar-refractivity contribution in [3.8, 4) is 11.5 Å². The van der Waals surface area contributed by atoms with Gasteiger partial charge in [0.15, 0.2) is 18.1 Å². The van der Waals surface area contributed by atoms with Crippen molar-refractivity contribution >= 4 is 5.91 Å². The van der Waals surface area contributed by atoms with E-state index in [2.05, 4.69) is 34.5 Å². The summed E-state index contributed by atoms with van der Waals surface area (Å²) in [5.74, 6) is 1.00. The molecule has 1 aliphatic heterocycles. The highest BCUT2D eigenvalue weighted by molar-refractivity contribution is 5.77. The van der Waals surface area contributed by atoms with Gasteiger partial charge in [0.05, 0.1) is 20.3 Å². The number of hydrogen-bond donors (Lipinski definition) is 1. The molecule has 0 unspecified atom stereocenters. The molecule has 1 heterocycles. The largest absolute Gasteiger partial charge is 0.493 e. The molecule has 0 spiro atoms. The van der Waals surface area contributed by atoms with Gasteiger partial charge in [-0.05, 0) is 23.3 Å². The third-order valence-corrected chi connectivity index (χ3v) is 4.45. The average molecular weight is 370 g/mol. The maximum absolute atomic E-state index is 12.0. The van der Waals surface area contributed by atoms with E-state index < -0.39 is 0 Å². The summed E-state index contributed by atoms with van der Waals surface area (Å²) in [5, 5.41) is 2.88. The number of amides is 1. The fraction of sp³-hybridized carbons (Fsp3) is 0.381. The third kappa shape index (κ3) is 5.98. The first-order chi connectivity index (χ1) is 13.2. The number of rotatable bonds is 8. The summed E-state index contributed by atoms with van der Waals surface area (Å²) < 4.78 is 16.1. The lowest BCUT2D eigenvalue weighted by Crippen LogP contribution is -2.35. The quantitative estimate of drug-likeness (QED) is 0.772. The second kappa shape index (κ2) is 9.94. The van der Waals surface area contributed by atoms with Crippen LogP contribution in [-0.2, 0) is 22.6 Å². The van der Waals surface area contributed by atoms with Crippen LogP contribution in [0.25, 0.3) is 0 Å². The van der Waals surface area contributed by atoms with Crippen LogP contribution in [0.4, 0.5) is 0 Å². The van der Waals surface area contributed by atoms with E-state index >= 15 is 0 Å². The lowest BCUT2D eigenvalue weighted by atomic mass is 10.1. The van der Waals surface area contributed by atoms with E-state index in [1.54, 1.807) is 19.2 Å². The molecular weight excluding hydrogens is 344 g/mol. The van der Waals surface area contributed by atoms with Crippen LogP contribution >= 0.6 is 0 Å². The highest BCUT2D eigenvalue weighted by Gasteiger charge is 2.11. The van der Waals surface area contributed by atoms with Crippen molar-refractivity contribution in [1.29, 1.82) is 0 Å². The Labute approximate surface area is 160 Å². The van der Waals surface area contributed by atoms with Gasteiger partial charge in [0.25, 0.3) is 5.91 Å². The van der Waals surface area contributed by atoms with Gasteiger partial charge >= 0.3 is 0 Å². The molecular formula is C21H26N2O4. The topological polar surface area (TPSA) is 60.0 Å². The zero-order valence-corrected chi connectivity index (χ0v) is 15.6. The molecule has 2 aromatic carbocycles. The predicted molar refractivity (Wildman–Crippen MR) is 103 cm³/mol. The number of morpholine rings is 1. The normalized spacial score (nSPS) is 14.6. The average Bonchev–Trinajstić information content (AvgIpc) is 2.72. The van der Waals surface area contributed by atoms with E-state index in [1.165, 1.54) is 5.56 Å². The molecule has 0 bridgehead atoms. The zero-order valence-electron chi connectivity index (χ0n) is 15.6. The van der Waals surface area contributed by atoms with E-state index in [4.69, 9.17) is 14.2 Å². The summed E-state index contributed by atoms with van der Waals surface area (Å²) in [6.07, 6.45) is 0. The van der Waals surface area contributed by atoms with Gasteiger partial charge in [-0.3, -0.25) is 9.69 Å². The van der Waals surface area contributed by atoms with Gasteiger partial charge in [-0.2, -0.15) is 0 Å². The first-order valence-corrected chi connectivity index (χ1v) is 9.15. The van der Waals surface area contributed by atoms with Crippen LogP contribution < -0.4 is 14.8 Å². The standard InChI is InChI=1S/C21H26N2O4/c1-25-19-4-2-3-5-20(19)27-16-21(24)22-14-17-6-8-18(9-7-17)15-23-10-12-26-13-11-23/h2-9H,10-16H2,1H3,(H,22,24). The molecule has 6 nitrogen and oxygen atoms in total. The van der Waals surface area contributed by atoms with Gasteiger partial charge < -0.3 is 19.5 Å². The SMILES string of the molecule is COc1ccccc1OCC(=O)NCc1ccc(CN2CCOCC2)cc1. The molecule has 0 aromatic heterocycles. The predicted octanol–water partition coefficient (Wildman–Crippen LogP) is 2.22. The summed E-state index contributed by atoms with van der Waals surface area (Å²) in [6, 6.07) is 15.6. The number of nitrogens with one attached hydrogen (secondary N) is 1. The monoisotopic (exact) mass is 370 g/mol. The molecule has 6 heteroatoms. The Morgan fingerprint density at radius 2 is 1.70 bits per heavy atom. The molecule has 0 aliphatic carbocycles. The second-order valence-corrected chi connectivity index (χ2v) is 6.42. The molecule has 0 radical (unpaired) electrons. The first kappa shape index (κ1) is 19.2. The molecule has 1 aliphatic rings. The van der Waals surface area contributed by atoms with Gasteiger partial charge in [-0.1, -0.05) is 36.4 Å². The highest BCUT2D eigenvalue weighted by atomic mass is 16.5. The Morgan fingerprint density at radius 3 is 2.41 bits per heavy atom. The van der Waals surface area contributed by atoms with E-state index in [-0.39, 0.29) is 12.5 Å². The van der Waals surface area contributed by atoms with Crippen LogP contribution in [0.15, 0.2) is 48.5 Å². The Balaban J connectivity index is 1.42. The van der Waals surface area contributed by atoms with Crippen LogP contribution in [-0.4, -0.2) is 50.8 Å². The minimum absolute atomic E-state index is 0.0461. The number of ether oxygens (including phenoxy) is 3. The van der Waals surface area contributed by atoms with Gasteiger partial charge in [0, 0.05) is 26.2 Å². The fourth-order valence-corrected chi connectivity index (χ4v) is 2.91. The molecule has 0 atom stereocenters. The van der Waals surface area contributed by atoms with Gasteiger partial charge in [0.1, 0.15) is 0 Å². The Hall–Kier alpha value is -2.57. The van der Waals surface area contributed by atoms with Crippen molar-refractivity contribution in [1.82, 2.24) is 10.2 Å². The first-order valence-electron chi connectivity index (χ1n) is 9.15. The number of para-hydroxylation sites is 2. The van der Waals surface area contributed by atoms with Crippen LogP contribution in [0.2, 0.25) is 0 Å². The van der Waals surface area contributed by atoms with Crippen molar-refractivity contribution in [2.45, 2.75) is 13.1 Å². The summed E-state index contributed by atoms with van der Waals surface area (Å²) in [6.45, 7) is 4.93. The molecule has 27 heavy (non-hydrogen) atoms. The summed E-state index contributed by atoms with van der Waals surface area (Å²) in [5.41, 5.74) is 2.33. The van der Waals surface area contributed by atoms with Crippen molar-refractivity contribution < 1.29 is 19.0 Å². The molecule has 0 saturated carbocycles. The minimum atomic E-state index is -0.168. The molecule has 1 N–H and O–H groups in total. The van der Waals surface area contributed by atoms with Crippen molar-refractivity contribution in [3.63, 3.8) is 0 Å². The van der Waals surface area contributed by atoms with Gasteiger partial charge in [0.2, 0.25) is 0 Å². The zero-order chi connectivity index (χ0) is 18.9. The maximum atomic E-state index is 12.0. The van der Waals surface area contributed by atoms with E-state index in [0.29, 0.717) is 18.0 Å². The Morgan fingerprint density at radius 1 is 1.04 bits per heavy atom. The van der Waals surface area contributed by atoms with Crippen molar-refractivity contribution in [2.75, 3.05) is 40.0 Å². The Kier molecular flexibility index (Phi) is 7.07. The van der Waals surface area contributed by atoms with Gasteiger partial charge in [-0.25, -0.2) is 0 Å². The highest BCUT2D eigenvalue weighted by Crippen LogP contribution is 2.25. The van der Waals surface area contributed by atoms with Crippen molar-refractivity contribution in [3.05, 3.63) is 59.7 Å². The van der Waals surface area contributed by atoms with E-state index in [1.807, 2.05) is 12.1 Å². The summed E-state index contributed by atoms with van der Waals surface area (Å²) >= 11 is 0. The number of carbonyl (C=O) groups excluding carboxylic acids is 1. The number of benzene rings is 2. The van der Waals surface area contributed by atoms with Gasteiger partial charge in [-0.15, -0.1) is 0 Å². The molecule has 1 saturated heterocycles. The molecule has 1 amide bonds. The van der Waals surface area contributed by atoms with E-state index in [0.717, 1.165) is 38.4 Å². The lowest BCUT2D eigenvalue weighted by molar-refractivity contribution is -0.123. The Bertz CT molecular complexity index is 727. The maximum Gasteiger partial charge on any atom is 0.258 e. The number of carbonyl (C=O) groups is 1. The second-order valence-electron chi connectivity index (χ2n) is 6.42. The third-order valence-electron chi connectivity index (χ3n) is 4.45. The van der Waals surface area contributed by atoms with Crippen LogP contribution in [0, 0.1) is 0 Å². The summed E-state index contributed by atoms with van der Waals surface area (Å²) in [7, 11) is 1.57. The number of methoxy groups -OCH3 is 1.